The highest BCUT2D eigenvalue weighted by molar-refractivity contribution is 6.09. The van der Waals surface area contributed by atoms with E-state index in [4.69, 9.17) is 0 Å². The Bertz CT molecular complexity index is 570. The van der Waals surface area contributed by atoms with Crippen molar-refractivity contribution in [2.45, 2.75) is 19.3 Å². The summed E-state index contributed by atoms with van der Waals surface area (Å²) in [5, 5.41) is 2.87. The van der Waals surface area contributed by atoms with Gasteiger partial charge in [-0.25, -0.2) is 4.39 Å². The van der Waals surface area contributed by atoms with Crippen LogP contribution >= 0.6 is 0 Å². The lowest BCUT2D eigenvalue weighted by Gasteiger charge is -2.18. The Kier molecular flexibility index (Phi) is 4.91. The lowest BCUT2D eigenvalue weighted by atomic mass is 10.1. The summed E-state index contributed by atoms with van der Waals surface area (Å²) in [5.74, 6) is -1.36. The summed E-state index contributed by atoms with van der Waals surface area (Å²) in [7, 11) is 0. The summed E-state index contributed by atoms with van der Waals surface area (Å²) in [6.07, 6.45) is 2.95. The van der Waals surface area contributed by atoms with Crippen LogP contribution in [0.25, 0.3) is 0 Å². The monoisotopic (exact) mass is 319 g/mol. The summed E-state index contributed by atoms with van der Waals surface area (Å²) in [6, 6.07) is 5.79. The second kappa shape index (κ2) is 7.08. The van der Waals surface area contributed by atoms with Crippen LogP contribution in [-0.4, -0.2) is 49.4 Å². The van der Waals surface area contributed by atoms with Crippen LogP contribution in [0.5, 0.6) is 0 Å². The fourth-order valence-corrected chi connectivity index (χ4v) is 3.27. The molecule has 3 rings (SSSR count). The number of carbonyl (C=O) groups is 2. The Hall–Kier alpha value is -1.95. The van der Waals surface area contributed by atoms with Gasteiger partial charge in [0.15, 0.2) is 0 Å². The fraction of sp³-hybridized carbons (Fsp3) is 0.529. The molecule has 0 bridgehead atoms. The van der Waals surface area contributed by atoms with Gasteiger partial charge < -0.3 is 15.1 Å². The van der Waals surface area contributed by atoms with E-state index in [1.807, 2.05) is 0 Å². The van der Waals surface area contributed by atoms with E-state index in [0.29, 0.717) is 25.2 Å². The maximum absolute atomic E-state index is 13.0. The molecule has 5 nitrogen and oxygen atoms in total. The van der Waals surface area contributed by atoms with E-state index in [0.717, 1.165) is 19.6 Å². The second-order valence-corrected chi connectivity index (χ2v) is 6.15. The Morgan fingerprint density at radius 2 is 1.87 bits per heavy atom. The highest BCUT2D eigenvalue weighted by Crippen LogP contribution is 2.25. The molecule has 1 aromatic carbocycles. The molecule has 0 unspecified atom stereocenters. The number of rotatable bonds is 5. The summed E-state index contributed by atoms with van der Waals surface area (Å²) >= 11 is 0. The third-order valence-corrected chi connectivity index (χ3v) is 4.59. The van der Waals surface area contributed by atoms with E-state index in [1.165, 1.54) is 25.0 Å². The standard InChI is InChI=1S/C17H22FN3O2/c18-13-3-5-14(6-4-13)21-11-7-15(17(21)23)16(22)19-8-12-20-9-1-2-10-20/h3-6,15H,1-2,7-12H2,(H,19,22)/t15-/m0/s1. The van der Waals surface area contributed by atoms with E-state index in [-0.39, 0.29) is 17.6 Å². The van der Waals surface area contributed by atoms with Gasteiger partial charge in [0.05, 0.1) is 0 Å². The number of nitrogens with one attached hydrogen (secondary N) is 1. The van der Waals surface area contributed by atoms with E-state index in [9.17, 15) is 14.0 Å². The predicted octanol–water partition coefficient (Wildman–Crippen LogP) is 1.39. The van der Waals surface area contributed by atoms with E-state index < -0.39 is 5.92 Å². The van der Waals surface area contributed by atoms with E-state index in [1.54, 1.807) is 17.0 Å². The highest BCUT2D eigenvalue weighted by atomic mass is 19.1. The van der Waals surface area contributed by atoms with Crippen LogP contribution in [0.4, 0.5) is 10.1 Å². The number of halogens is 1. The van der Waals surface area contributed by atoms with Gasteiger partial charge in [-0.2, -0.15) is 0 Å². The van der Waals surface area contributed by atoms with Crippen LogP contribution in [0.15, 0.2) is 24.3 Å². The minimum atomic E-state index is -0.626. The molecule has 0 aliphatic carbocycles. The molecule has 2 heterocycles. The Balaban J connectivity index is 1.51. The number of anilines is 1. The van der Waals surface area contributed by atoms with Crippen molar-refractivity contribution in [2.75, 3.05) is 37.6 Å². The lowest BCUT2D eigenvalue weighted by molar-refractivity contribution is -0.132. The normalized spacial score (nSPS) is 21.9. The lowest BCUT2D eigenvalue weighted by Crippen LogP contribution is -2.40. The highest BCUT2D eigenvalue weighted by Gasteiger charge is 2.37. The first-order valence-electron chi connectivity index (χ1n) is 8.22. The molecule has 1 aromatic rings. The molecule has 0 radical (unpaired) electrons. The van der Waals surface area contributed by atoms with Crippen molar-refractivity contribution in [1.29, 1.82) is 0 Å². The zero-order valence-electron chi connectivity index (χ0n) is 13.1. The fourth-order valence-electron chi connectivity index (χ4n) is 3.27. The molecule has 1 N–H and O–H groups in total. The minimum absolute atomic E-state index is 0.196. The van der Waals surface area contributed by atoms with Crippen LogP contribution in [0.1, 0.15) is 19.3 Å². The maximum atomic E-state index is 13.0. The minimum Gasteiger partial charge on any atom is -0.354 e. The van der Waals surface area contributed by atoms with Crippen molar-refractivity contribution >= 4 is 17.5 Å². The maximum Gasteiger partial charge on any atom is 0.239 e. The van der Waals surface area contributed by atoms with Crippen molar-refractivity contribution in [1.82, 2.24) is 10.2 Å². The summed E-state index contributed by atoms with van der Waals surface area (Å²) in [5.41, 5.74) is 0.642. The number of nitrogens with zero attached hydrogens (tertiary/aromatic N) is 2. The van der Waals surface area contributed by atoms with Gasteiger partial charge in [0.1, 0.15) is 11.7 Å². The first-order chi connectivity index (χ1) is 11.1. The average molecular weight is 319 g/mol. The molecule has 124 valence electrons. The molecule has 2 aliphatic rings. The van der Waals surface area contributed by atoms with Gasteiger partial charge in [-0.1, -0.05) is 0 Å². The molecule has 23 heavy (non-hydrogen) atoms. The van der Waals surface area contributed by atoms with Crippen molar-refractivity contribution in [2.24, 2.45) is 5.92 Å². The predicted molar refractivity (Wildman–Crippen MR) is 85.5 cm³/mol. The zero-order chi connectivity index (χ0) is 16.2. The van der Waals surface area contributed by atoms with Crippen molar-refractivity contribution in [3.05, 3.63) is 30.1 Å². The molecule has 2 saturated heterocycles. The van der Waals surface area contributed by atoms with Gasteiger partial charge in [-0.05, 0) is 56.6 Å². The van der Waals surface area contributed by atoms with Crippen LogP contribution in [0, 0.1) is 11.7 Å². The third kappa shape index (κ3) is 3.69. The first-order valence-corrected chi connectivity index (χ1v) is 8.22. The van der Waals surface area contributed by atoms with Gasteiger partial charge in [0.2, 0.25) is 11.8 Å². The molecule has 0 spiro atoms. The number of likely N-dealkylation sites (tertiary alicyclic amines) is 1. The molecule has 1 atom stereocenters. The number of benzene rings is 1. The summed E-state index contributed by atoms with van der Waals surface area (Å²) in [4.78, 5) is 28.5. The first kappa shape index (κ1) is 15.9. The van der Waals surface area contributed by atoms with Gasteiger partial charge in [-0.15, -0.1) is 0 Å². The van der Waals surface area contributed by atoms with Gasteiger partial charge in [0, 0.05) is 25.3 Å². The van der Waals surface area contributed by atoms with Crippen LogP contribution in [0.2, 0.25) is 0 Å². The van der Waals surface area contributed by atoms with Crippen molar-refractivity contribution in [3.8, 4) is 0 Å². The number of hydrogen-bond donors (Lipinski definition) is 1. The van der Waals surface area contributed by atoms with Crippen LogP contribution in [-0.2, 0) is 9.59 Å². The molecule has 6 heteroatoms. The van der Waals surface area contributed by atoms with E-state index >= 15 is 0 Å². The summed E-state index contributed by atoms with van der Waals surface area (Å²) in [6.45, 7) is 4.11. The van der Waals surface area contributed by atoms with Crippen molar-refractivity contribution in [3.63, 3.8) is 0 Å². The average Bonchev–Trinajstić information content (AvgIpc) is 3.18. The number of hydrogen-bond acceptors (Lipinski definition) is 3. The van der Waals surface area contributed by atoms with Gasteiger partial charge >= 0.3 is 0 Å². The third-order valence-electron chi connectivity index (χ3n) is 4.59. The second-order valence-electron chi connectivity index (χ2n) is 6.15. The molecule has 0 saturated carbocycles. The Labute approximate surface area is 135 Å². The van der Waals surface area contributed by atoms with Crippen molar-refractivity contribution < 1.29 is 14.0 Å². The molecular formula is C17H22FN3O2. The Morgan fingerprint density at radius 1 is 1.17 bits per heavy atom. The molecular weight excluding hydrogens is 297 g/mol. The van der Waals surface area contributed by atoms with Crippen LogP contribution in [0.3, 0.4) is 0 Å². The van der Waals surface area contributed by atoms with Gasteiger partial charge in [-0.3, -0.25) is 9.59 Å². The SMILES string of the molecule is O=C(NCCN1CCCC1)[C@@H]1CCN(c2ccc(F)cc2)C1=O. The van der Waals surface area contributed by atoms with Crippen LogP contribution < -0.4 is 10.2 Å². The van der Waals surface area contributed by atoms with E-state index in [2.05, 4.69) is 10.2 Å². The molecule has 2 amide bonds. The quantitative estimate of drug-likeness (QED) is 0.835. The topological polar surface area (TPSA) is 52.7 Å². The smallest absolute Gasteiger partial charge is 0.239 e. The molecule has 2 aliphatic heterocycles. The number of carbonyl (C=O) groups excluding carboxylic acids is 2. The molecule has 2 fully saturated rings. The Morgan fingerprint density at radius 3 is 2.57 bits per heavy atom. The largest absolute Gasteiger partial charge is 0.354 e. The zero-order valence-corrected chi connectivity index (χ0v) is 13.1. The van der Waals surface area contributed by atoms with Gasteiger partial charge in [0.25, 0.3) is 0 Å². The molecule has 0 aromatic heterocycles. The summed E-state index contributed by atoms with van der Waals surface area (Å²) < 4.78 is 13.0. The number of amides is 2.